The molecule has 0 saturated heterocycles. The first kappa shape index (κ1) is 20.6. The lowest BCUT2D eigenvalue weighted by atomic mass is 9.98. The standard InChI is InChI=1S/C14H16N2O10/c1-8(12(13(17)18)26-16(22)23)7-9(2)24-14(19)25-11-5-3-10(4-6-11)15(20)21/h3-6,8-9,12H,7H2,1-2H3,(H,17,18). The minimum atomic E-state index is -1.71. The number of carboxylic acids is 1. The maximum Gasteiger partial charge on any atom is 0.514 e. The van der Waals surface area contributed by atoms with E-state index < -0.39 is 40.3 Å². The van der Waals surface area contributed by atoms with Gasteiger partial charge in [-0.25, -0.2) is 9.59 Å². The fourth-order valence-electron chi connectivity index (χ4n) is 2.10. The van der Waals surface area contributed by atoms with Gasteiger partial charge in [-0.05, 0) is 31.4 Å². The molecule has 0 fully saturated rings. The Morgan fingerprint density at radius 1 is 1.15 bits per heavy atom. The van der Waals surface area contributed by atoms with Gasteiger partial charge in [-0.15, -0.1) is 10.1 Å². The van der Waals surface area contributed by atoms with E-state index in [1.54, 1.807) is 0 Å². The number of nitro benzene ring substituents is 1. The number of carboxylic acid groups (broad SMARTS) is 1. The third-order valence-electron chi connectivity index (χ3n) is 3.21. The molecule has 1 aromatic carbocycles. The van der Waals surface area contributed by atoms with Crippen molar-refractivity contribution in [3.05, 3.63) is 44.5 Å². The summed E-state index contributed by atoms with van der Waals surface area (Å²) in [6.07, 6.45) is -3.68. The van der Waals surface area contributed by atoms with Crippen molar-refractivity contribution in [2.45, 2.75) is 32.5 Å². The van der Waals surface area contributed by atoms with Crippen LogP contribution in [0, 0.1) is 26.1 Å². The summed E-state index contributed by atoms with van der Waals surface area (Å²) in [6.45, 7) is 2.84. The first-order chi connectivity index (χ1) is 12.1. The molecule has 3 atom stereocenters. The maximum absolute atomic E-state index is 11.7. The van der Waals surface area contributed by atoms with E-state index in [1.165, 1.54) is 26.0 Å². The molecule has 12 nitrogen and oxygen atoms in total. The SMILES string of the molecule is CC(CC(C)C(O[N+](=O)[O-])C(=O)O)OC(=O)Oc1ccc([N+](=O)[O-])cc1. The zero-order valence-electron chi connectivity index (χ0n) is 13.8. The van der Waals surface area contributed by atoms with Crippen LogP contribution >= 0.6 is 0 Å². The molecule has 0 aliphatic rings. The van der Waals surface area contributed by atoms with E-state index in [0.29, 0.717) is 0 Å². The van der Waals surface area contributed by atoms with Crippen LogP contribution in [-0.2, 0) is 14.4 Å². The van der Waals surface area contributed by atoms with Crippen LogP contribution in [0.3, 0.4) is 0 Å². The molecule has 142 valence electrons. The van der Waals surface area contributed by atoms with Crippen LogP contribution < -0.4 is 4.74 Å². The van der Waals surface area contributed by atoms with Crippen LogP contribution in [0.4, 0.5) is 10.5 Å². The zero-order chi connectivity index (χ0) is 19.9. The van der Waals surface area contributed by atoms with Crippen LogP contribution in [0.2, 0.25) is 0 Å². The van der Waals surface area contributed by atoms with Crippen LogP contribution in [0.15, 0.2) is 24.3 Å². The Bertz CT molecular complexity index is 675. The number of nitrogens with zero attached hydrogens (tertiary/aromatic N) is 2. The molecule has 0 aliphatic carbocycles. The van der Waals surface area contributed by atoms with Crippen LogP contribution in [0.25, 0.3) is 0 Å². The van der Waals surface area contributed by atoms with E-state index in [1.807, 2.05) is 0 Å². The number of nitro groups is 1. The van der Waals surface area contributed by atoms with Gasteiger partial charge in [0.25, 0.3) is 10.8 Å². The topological polar surface area (TPSA) is 168 Å². The number of carbonyl (C=O) groups is 2. The first-order valence-electron chi connectivity index (χ1n) is 7.27. The summed E-state index contributed by atoms with van der Waals surface area (Å²) < 4.78 is 9.76. The molecule has 0 spiro atoms. The lowest BCUT2D eigenvalue weighted by molar-refractivity contribution is -0.766. The second kappa shape index (κ2) is 9.15. The van der Waals surface area contributed by atoms with Crippen molar-refractivity contribution in [3.63, 3.8) is 0 Å². The number of non-ortho nitro benzene ring substituents is 1. The van der Waals surface area contributed by atoms with Gasteiger partial charge < -0.3 is 14.6 Å². The van der Waals surface area contributed by atoms with Crippen molar-refractivity contribution in [2.75, 3.05) is 0 Å². The number of hydrogen-bond donors (Lipinski definition) is 1. The Hall–Kier alpha value is -3.44. The van der Waals surface area contributed by atoms with E-state index in [-0.39, 0.29) is 17.9 Å². The molecule has 0 heterocycles. The van der Waals surface area contributed by atoms with Crippen molar-refractivity contribution in [1.29, 1.82) is 0 Å². The monoisotopic (exact) mass is 372 g/mol. The lowest BCUT2D eigenvalue weighted by Gasteiger charge is -2.21. The van der Waals surface area contributed by atoms with E-state index in [9.17, 15) is 29.8 Å². The predicted molar refractivity (Wildman–Crippen MR) is 83.0 cm³/mol. The average Bonchev–Trinajstić information content (AvgIpc) is 2.52. The minimum absolute atomic E-state index is 0.0148. The van der Waals surface area contributed by atoms with Crippen molar-refractivity contribution < 1.29 is 39.0 Å². The summed E-state index contributed by atoms with van der Waals surface area (Å²) in [5, 5.41) is 28.6. The summed E-state index contributed by atoms with van der Waals surface area (Å²) in [7, 11) is 0. The Kier molecular flexibility index (Phi) is 7.25. The van der Waals surface area contributed by atoms with E-state index in [0.717, 1.165) is 12.1 Å². The number of aliphatic carboxylic acids is 1. The van der Waals surface area contributed by atoms with Crippen molar-refractivity contribution >= 4 is 17.8 Å². The molecule has 1 rings (SSSR count). The Balaban J connectivity index is 2.56. The molecule has 0 radical (unpaired) electrons. The maximum atomic E-state index is 11.7. The molecular formula is C14H16N2O10. The third kappa shape index (κ3) is 6.59. The highest BCUT2D eigenvalue weighted by Gasteiger charge is 2.30. The zero-order valence-corrected chi connectivity index (χ0v) is 13.8. The summed E-state index contributed by atoms with van der Waals surface area (Å²) in [5.41, 5.74) is -0.182. The number of hydrogen-bond acceptors (Lipinski definition) is 9. The highest BCUT2D eigenvalue weighted by atomic mass is 17.0. The Labute approximate surface area is 146 Å². The number of carbonyl (C=O) groups excluding carboxylic acids is 1. The van der Waals surface area contributed by atoms with Crippen LogP contribution in [0.1, 0.15) is 20.3 Å². The van der Waals surface area contributed by atoms with E-state index >= 15 is 0 Å². The molecule has 0 bridgehead atoms. The van der Waals surface area contributed by atoms with Crippen LogP contribution in [0.5, 0.6) is 5.75 Å². The van der Waals surface area contributed by atoms with Gasteiger partial charge in [-0.2, -0.15) is 0 Å². The highest BCUT2D eigenvalue weighted by Crippen LogP contribution is 2.20. The summed E-state index contributed by atoms with van der Waals surface area (Å²) >= 11 is 0. The molecule has 0 amide bonds. The quantitative estimate of drug-likeness (QED) is 0.293. The molecule has 0 aliphatic heterocycles. The second-order valence-corrected chi connectivity index (χ2v) is 5.33. The molecule has 0 aromatic heterocycles. The van der Waals surface area contributed by atoms with Gasteiger partial charge in [0.05, 0.1) is 4.92 Å². The number of ether oxygens (including phenoxy) is 2. The van der Waals surface area contributed by atoms with Gasteiger partial charge in [0.2, 0.25) is 6.10 Å². The average molecular weight is 372 g/mol. The lowest BCUT2D eigenvalue weighted by Crippen LogP contribution is -2.35. The fraction of sp³-hybridized carbons (Fsp3) is 0.429. The highest BCUT2D eigenvalue weighted by molar-refractivity contribution is 5.72. The molecule has 3 unspecified atom stereocenters. The third-order valence-corrected chi connectivity index (χ3v) is 3.21. The van der Waals surface area contributed by atoms with Gasteiger partial charge in [0.1, 0.15) is 11.9 Å². The molecule has 1 N–H and O–H groups in total. The molecule has 26 heavy (non-hydrogen) atoms. The van der Waals surface area contributed by atoms with Gasteiger partial charge in [0, 0.05) is 12.1 Å². The molecule has 1 aromatic rings. The fourth-order valence-corrected chi connectivity index (χ4v) is 2.10. The minimum Gasteiger partial charge on any atom is -0.480 e. The largest absolute Gasteiger partial charge is 0.514 e. The normalized spacial score (nSPS) is 13.8. The van der Waals surface area contributed by atoms with E-state index in [2.05, 4.69) is 4.84 Å². The predicted octanol–water partition coefficient (Wildman–Crippen LogP) is 2.19. The number of rotatable bonds is 9. The Morgan fingerprint density at radius 3 is 2.19 bits per heavy atom. The van der Waals surface area contributed by atoms with Gasteiger partial charge in [-0.1, -0.05) is 6.92 Å². The van der Waals surface area contributed by atoms with Gasteiger partial charge in [-0.3, -0.25) is 15.0 Å². The van der Waals surface area contributed by atoms with Crippen LogP contribution in [-0.4, -0.2) is 39.4 Å². The Morgan fingerprint density at radius 2 is 1.73 bits per heavy atom. The van der Waals surface area contributed by atoms with E-state index in [4.69, 9.17) is 14.6 Å². The molecule has 12 heteroatoms. The smallest absolute Gasteiger partial charge is 0.480 e. The molecule has 0 saturated carbocycles. The first-order valence-corrected chi connectivity index (χ1v) is 7.27. The summed E-state index contributed by atoms with van der Waals surface area (Å²) in [6, 6.07) is 4.69. The summed E-state index contributed by atoms with van der Waals surface area (Å²) in [5.74, 6) is -2.34. The van der Waals surface area contributed by atoms with Crippen molar-refractivity contribution in [2.24, 2.45) is 5.92 Å². The van der Waals surface area contributed by atoms with Gasteiger partial charge >= 0.3 is 12.1 Å². The number of benzene rings is 1. The van der Waals surface area contributed by atoms with Crippen molar-refractivity contribution in [1.82, 2.24) is 0 Å². The van der Waals surface area contributed by atoms with Crippen molar-refractivity contribution in [3.8, 4) is 5.75 Å². The van der Waals surface area contributed by atoms with Gasteiger partial charge in [0.15, 0.2) is 0 Å². The molecular weight excluding hydrogens is 356 g/mol. The summed E-state index contributed by atoms with van der Waals surface area (Å²) in [4.78, 5) is 47.0. The second-order valence-electron chi connectivity index (χ2n) is 5.33.